The summed E-state index contributed by atoms with van der Waals surface area (Å²) in [5, 5.41) is 3.12. The predicted octanol–water partition coefficient (Wildman–Crippen LogP) is 4.53. The van der Waals surface area contributed by atoms with E-state index in [4.69, 9.17) is 0 Å². The summed E-state index contributed by atoms with van der Waals surface area (Å²) in [5.41, 5.74) is 2.09. The number of rotatable bonds is 8. The zero-order valence-electron chi connectivity index (χ0n) is 16.4. The summed E-state index contributed by atoms with van der Waals surface area (Å²) >= 11 is 0. The predicted molar refractivity (Wildman–Crippen MR) is 101 cm³/mol. The third-order valence-corrected chi connectivity index (χ3v) is 4.28. The summed E-state index contributed by atoms with van der Waals surface area (Å²) in [6.07, 6.45) is 4.70. The second-order valence-electron chi connectivity index (χ2n) is 7.66. The van der Waals surface area contributed by atoms with Gasteiger partial charge >= 0.3 is 0 Å². The normalized spacial score (nSPS) is 15.1. The number of nitrogens with zero attached hydrogens (tertiary/aromatic N) is 1. The Morgan fingerprint density at radius 2 is 1.83 bits per heavy atom. The van der Waals surface area contributed by atoms with Crippen LogP contribution in [0.1, 0.15) is 54.9 Å². The monoisotopic (exact) mass is 320 g/mol. The highest BCUT2D eigenvalue weighted by atomic mass is 16.2. The van der Waals surface area contributed by atoms with Gasteiger partial charge in [-0.25, -0.2) is 0 Å². The minimum Gasteiger partial charge on any atom is -0.380 e. The van der Waals surface area contributed by atoms with E-state index in [0.717, 1.165) is 17.6 Å². The van der Waals surface area contributed by atoms with E-state index >= 15 is 0 Å². The van der Waals surface area contributed by atoms with Crippen molar-refractivity contribution in [3.05, 3.63) is 36.6 Å². The van der Waals surface area contributed by atoms with Crippen LogP contribution in [0.15, 0.2) is 36.6 Å². The van der Waals surface area contributed by atoms with Gasteiger partial charge in [-0.2, -0.15) is 0 Å². The van der Waals surface area contributed by atoms with Crippen LogP contribution in [0.2, 0.25) is 0 Å². The molecule has 0 radical (unpaired) electrons. The van der Waals surface area contributed by atoms with Gasteiger partial charge in [-0.1, -0.05) is 71.9 Å². The van der Waals surface area contributed by atoms with Gasteiger partial charge in [-0.05, 0) is 30.9 Å². The molecule has 2 atom stereocenters. The molecule has 0 aliphatic carbocycles. The fraction of sp³-hybridized carbons (Fsp3) is 0.650. The highest BCUT2D eigenvalue weighted by molar-refractivity contribution is 5.83. The lowest BCUT2D eigenvalue weighted by molar-refractivity contribution is -0.136. The minimum atomic E-state index is -0.297. The third-order valence-electron chi connectivity index (χ3n) is 4.28. The molecule has 1 N–H and O–H groups in total. The van der Waals surface area contributed by atoms with Crippen molar-refractivity contribution in [3.8, 4) is 0 Å². The first-order valence-electron chi connectivity index (χ1n) is 8.47. The fourth-order valence-electron chi connectivity index (χ4n) is 2.56. The smallest absolute Gasteiger partial charge is 0.245 e. The third kappa shape index (κ3) is 6.25. The van der Waals surface area contributed by atoms with Crippen molar-refractivity contribution in [1.29, 1.82) is 0 Å². The van der Waals surface area contributed by atoms with Crippen molar-refractivity contribution < 1.29 is 4.79 Å². The Balaban J connectivity index is 5.54. The summed E-state index contributed by atoms with van der Waals surface area (Å²) in [4.78, 5) is 14.9. The second kappa shape index (κ2) is 8.95. The Bertz CT molecular complexity index is 455. The average molecular weight is 321 g/mol. The maximum atomic E-state index is 13.0. The van der Waals surface area contributed by atoms with Crippen molar-refractivity contribution >= 4 is 5.91 Å². The molecule has 23 heavy (non-hydrogen) atoms. The molecule has 132 valence electrons. The van der Waals surface area contributed by atoms with Crippen LogP contribution in [0.3, 0.4) is 0 Å². The summed E-state index contributed by atoms with van der Waals surface area (Å²) in [5.74, 6) is 0.412. The number of carbonyl (C=O) groups excluding carboxylic acids is 1. The van der Waals surface area contributed by atoms with E-state index < -0.39 is 0 Å². The molecule has 0 rings (SSSR count). The van der Waals surface area contributed by atoms with Gasteiger partial charge < -0.3 is 10.2 Å². The van der Waals surface area contributed by atoms with E-state index in [1.165, 1.54) is 0 Å². The lowest BCUT2D eigenvalue weighted by Crippen LogP contribution is -2.53. The molecular formula is C20H36N2O. The molecule has 0 heterocycles. The largest absolute Gasteiger partial charge is 0.380 e. The van der Waals surface area contributed by atoms with Gasteiger partial charge in [0.15, 0.2) is 0 Å². The summed E-state index contributed by atoms with van der Waals surface area (Å²) in [7, 11) is 1.88. The molecule has 1 amide bonds. The maximum Gasteiger partial charge on any atom is 0.245 e. The molecule has 0 aliphatic rings. The molecule has 3 heteroatoms. The first kappa shape index (κ1) is 21.5. The van der Waals surface area contributed by atoms with Gasteiger partial charge in [0.05, 0.1) is 6.04 Å². The van der Waals surface area contributed by atoms with E-state index in [-0.39, 0.29) is 23.4 Å². The van der Waals surface area contributed by atoms with Crippen LogP contribution in [-0.2, 0) is 4.79 Å². The first-order chi connectivity index (χ1) is 10.5. The molecule has 0 bridgehead atoms. The molecule has 0 aromatic rings. The molecule has 0 saturated heterocycles. The second-order valence-corrected chi connectivity index (χ2v) is 7.66. The summed E-state index contributed by atoms with van der Waals surface area (Å²) in [6.45, 7) is 22.4. The molecule has 0 spiro atoms. The van der Waals surface area contributed by atoms with Gasteiger partial charge in [0.2, 0.25) is 5.91 Å². The number of likely N-dealkylation sites (N-methyl/N-ethyl adjacent to an activating group) is 1. The molecule has 3 nitrogen and oxygen atoms in total. The Hall–Kier alpha value is -1.51. The lowest BCUT2D eigenvalue weighted by atomic mass is 9.85. The zero-order valence-corrected chi connectivity index (χ0v) is 16.4. The van der Waals surface area contributed by atoms with E-state index in [1.54, 1.807) is 6.20 Å². The van der Waals surface area contributed by atoms with Gasteiger partial charge in [-0.15, -0.1) is 0 Å². The van der Waals surface area contributed by atoms with Gasteiger partial charge in [0, 0.05) is 7.05 Å². The summed E-state index contributed by atoms with van der Waals surface area (Å²) < 4.78 is 0. The number of hydrogen-bond acceptors (Lipinski definition) is 2. The Morgan fingerprint density at radius 1 is 1.30 bits per heavy atom. The SMILES string of the molecule is C=CNC(C(=O)N(C)[C@H](/C=C(\C)C(=C)CC)C(C)C)C(C)(C)C. The zero-order chi connectivity index (χ0) is 18.4. The van der Waals surface area contributed by atoms with Crippen molar-refractivity contribution in [3.63, 3.8) is 0 Å². The number of nitrogens with one attached hydrogen (secondary N) is 1. The van der Waals surface area contributed by atoms with Crippen LogP contribution in [0.4, 0.5) is 0 Å². The van der Waals surface area contributed by atoms with E-state index in [9.17, 15) is 4.79 Å². The number of amides is 1. The Kier molecular flexibility index (Phi) is 8.36. The molecule has 0 fully saturated rings. The lowest BCUT2D eigenvalue weighted by Gasteiger charge is -2.37. The molecule has 0 aliphatic heterocycles. The highest BCUT2D eigenvalue weighted by Crippen LogP contribution is 2.24. The maximum absolute atomic E-state index is 13.0. The first-order valence-corrected chi connectivity index (χ1v) is 8.47. The van der Waals surface area contributed by atoms with Crippen molar-refractivity contribution in [1.82, 2.24) is 10.2 Å². The molecule has 0 aromatic carbocycles. The van der Waals surface area contributed by atoms with Crippen molar-refractivity contribution in [2.75, 3.05) is 7.05 Å². The van der Waals surface area contributed by atoms with E-state index in [2.05, 4.69) is 73.0 Å². The topological polar surface area (TPSA) is 32.3 Å². The van der Waals surface area contributed by atoms with Crippen LogP contribution >= 0.6 is 0 Å². The van der Waals surface area contributed by atoms with Gasteiger partial charge in [-0.3, -0.25) is 4.79 Å². The van der Waals surface area contributed by atoms with E-state index in [1.807, 2.05) is 11.9 Å². The fourth-order valence-corrected chi connectivity index (χ4v) is 2.56. The van der Waals surface area contributed by atoms with Crippen molar-refractivity contribution in [2.24, 2.45) is 11.3 Å². The van der Waals surface area contributed by atoms with Crippen LogP contribution in [0.25, 0.3) is 0 Å². The average Bonchev–Trinajstić information content (AvgIpc) is 2.46. The quantitative estimate of drug-likeness (QED) is 0.666. The number of carbonyl (C=O) groups is 1. The Morgan fingerprint density at radius 3 is 2.17 bits per heavy atom. The highest BCUT2D eigenvalue weighted by Gasteiger charge is 2.34. The molecule has 0 saturated carbocycles. The molecule has 0 aromatic heterocycles. The Labute approximate surface area is 143 Å². The molecular weight excluding hydrogens is 284 g/mol. The van der Waals surface area contributed by atoms with Crippen LogP contribution < -0.4 is 5.32 Å². The van der Waals surface area contributed by atoms with Gasteiger partial charge in [0.25, 0.3) is 0 Å². The van der Waals surface area contributed by atoms with Crippen molar-refractivity contribution in [2.45, 2.75) is 67.0 Å². The minimum absolute atomic E-state index is 0.0438. The van der Waals surface area contributed by atoms with Crippen LogP contribution in [0, 0.1) is 11.3 Å². The van der Waals surface area contributed by atoms with Crippen LogP contribution in [0.5, 0.6) is 0 Å². The van der Waals surface area contributed by atoms with E-state index in [0.29, 0.717) is 5.92 Å². The van der Waals surface area contributed by atoms with Crippen LogP contribution in [-0.4, -0.2) is 29.9 Å². The molecule has 1 unspecified atom stereocenters. The number of allylic oxidation sites excluding steroid dienone is 2. The van der Waals surface area contributed by atoms with Gasteiger partial charge in [0.1, 0.15) is 6.04 Å². The summed E-state index contributed by atoms with van der Waals surface area (Å²) in [6, 6.07) is -0.253. The number of hydrogen-bond donors (Lipinski definition) is 1. The standard InChI is InChI=1S/C20H36N2O/c1-11-15(5)16(6)13-17(14(3)4)22(10)19(23)18(21-12-2)20(7,8)9/h12-14,17-18,21H,2,5,11H2,1,3-4,6-10H3/b16-13+/t17-,18?/m1/s1.